The molecule has 8 heteroatoms. The predicted octanol–water partition coefficient (Wildman–Crippen LogP) is 1.51. The minimum atomic E-state index is -1.39. The van der Waals surface area contributed by atoms with Crippen molar-refractivity contribution in [1.82, 2.24) is 24.4 Å². The van der Waals surface area contributed by atoms with Gasteiger partial charge in [0.1, 0.15) is 24.1 Å². The molecule has 0 aliphatic rings. The minimum Gasteiger partial charge on any atom is -0.377 e. The van der Waals surface area contributed by atoms with E-state index >= 15 is 0 Å². The van der Waals surface area contributed by atoms with Gasteiger partial charge in [0.05, 0.1) is 17.1 Å². The Morgan fingerprint density at radius 2 is 2.10 bits per heavy atom. The van der Waals surface area contributed by atoms with Crippen LogP contribution in [0.3, 0.4) is 0 Å². The smallest absolute Gasteiger partial charge is 0.147 e. The molecule has 0 radical (unpaired) electrons. The Labute approximate surface area is 124 Å². The van der Waals surface area contributed by atoms with Gasteiger partial charge in [-0.25, -0.2) is 14.1 Å². The summed E-state index contributed by atoms with van der Waals surface area (Å²) in [5.74, 6) is -0.360. The molecule has 2 heterocycles. The van der Waals surface area contributed by atoms with Gasteiger partial charge in [0.25, 0.3) is 0 Å². The number of aliphatic hydroxyl groups is 1. The van der Waals surface area contributed by atoms with Gasteiger partial charge in [0.2, 0.25) is 0 Å². The summed E-state index contributed by atoms with van der Waals surface area (Å²) in [6.45, 7) is 1.91. The first-order valence-electron chi connectivity index (χ1n) is 6.20. The van der Waals surface area contributed by atoms with Crippen LogP contribution in [-0.4, -0.2) is 29.5 Å². The largest absolute Gasteiger partial charge is 0.377 e. The van der Waals surface area contributed by atoms with Crippen molar-refractivity contribution in [2.45, 2.75) is 19.1 Å². The number of hydrogen-bond donors (Lipinski definition) is 1. The van der Waals surface area contributed by atoms with Gasteiger partial charge >= 0.3 is 0 Å². The van der Waals surface area contributed by atoms with Crippen molar-refractivity contribution in [2.75, 3.05) is 0 Å². The van der Waals surface area contributed by atoms with E-state index in [1.807, 2.05) is 0 Å². The van der Waals surface area contributed by atoms with Gasteiger partial charge in [-0.2, -0.15) is 5.10 Å². The van der Waals surface area contributed by atoms with Crippen molar-refractivity contribution in [3.63, 3.8) is 0 Å². The quantitative estimate of drug-likeness (QED) is 0.790. The van der Waals surface area contributed by atoms with Crippen molar-refractivity contribution in [3.05, 3.63) is 58.9 Å². The summed E-state index contributed by atoms with van der Waals surface area (Å²) in [6.07, 6.45) is 2.90. The van der Waals surface area contributed by atoms with E-state index in [9.17, 15) is 9.50 Å². The van der Waals surface area contributed by atoms with Crippen LogP contribution in [-0.2, 0) is 12.1 Å². The molecule has 0 amide bonds. The monoisotopic (exact) mass is 305 g/mol. The maximum absolute atomic E-state index is 13.1. The molecule has 0 aliphatic heterocycles. The van der Waals surface area contributed by atoms with Gasteiger partial charge < -0.3 is 5.11 Å². The molecule has 3 rings (SSSR count). The van der Waals surface area contributed by atoms with Gasteiger partial charge in [0.15, 0.2) is 0 Å². The summed E-state index contributed by atoms with van der Waals surface area (Å²) in [5.41, 5.74) is -0.208. The number of hydrogen-bond acceptors (Lipinski definition) is 6. The zero-order chi connectivity index (χ0) is 14.9. The first-order chi connectivity index (χ1) is 10.1. The number of aryl methyl sites for hydroxylation is 1. The fourth-order valence-corrected chi connectivity index (χ4v) is 2.93. The number of rotatable bonds is 4. The topological polar surface area (TPSA) is 76.7 Å². The number of aromatic nitrogens is 5. The number of nitrogens with zero attached hydrogens (tertiary/aromatic N) is 5. The molecule has 1 N–H and O–H groups in total. The van der Waals surface area contributed by atoms with Crippen molar-refractivity contribution in [3.8, 4) is 0 Å². The third kappa shape index (κ3) is 2.55. The van der Waals surface area contributed by atoms with Crippen LogP contribution < -0.4 is 0 Å². The third-order valence-corrected chi connectivity index (χ3v) is 4.19. The molecular weight excluding hydrogens is 293 g/mol. The second-order valence-electron chi connectivity index (χ2n) is 4.65. The summed E-state index contributed by atoms with van der Waals surface area (Å²) < 4.78 is 18.5. The van der Waals surface area contributed by atoms with Gasteiger partial charge in [-0.05, 0) is 36.2 Å². The van der Waals surface area contributed by atoms with E-state index in [-0.39, 0.29) is 12.4 Å². The predicted molar refractivity (Wildman–Crippen MR) is 74.1 cm³/mol. The Morgan fingerprint density at radius 3 is 2.67 bits per heavy atom. The first-order valence-corrected chi connectivity index (χ1v) is 6.97. The molecule has 0 aliphatic carbocycles. The summed E-state index contributed by atoms with van der Waals surface area (Å²) in [4.78, 5) is 4.47. The fraction of sp³-hybridized carbons (Fsp3) is 0.231. The Kier molecular flexibility index (Phi) is 3.48. The standard InChI is InChI=1S/C13H12FN5OS/c1-9-12(21-18-17-9)13(20,6-19-8-15-7-16-19)10-2-4-11(14)5-3-10/h2-5,7-8,20H,6H2,1H3. The number of halogens is 1. The van der Waals surface area contributed by atoms with Crippen LogP contribution >= 0.6 is 11.5 Å². The van der Waals surface area contributed by atoms with E-state index in [2.05, 4.69) is 19.7 Å². The fourth-order valence-electron chi connectivity index (χ4n) is 2.18. The first kappa shape index (κ1) is 13.8. The molecule has 0 saturated heterocycles. The third-order valence-electron chi connectivity index (χ3n) is 3.21. The molecule has 108 valence electrons. The van der Waals surface area contributed by atoms with E-state index in [0.29, 0.717) is 16.1 Å². The lowest BCUT2D eigenvalue weighted by atomic mass is 9.91. The Bertz CT molecular complexity index is 727. The van der Waals surface area contributed by atoms with Gasteiger partial charge in [-0.3, -0.25) is 0 Å². The summed E-state index contributed by atoms with van der Waals surface area (Å²) >= 11 is 1.11. The van der Waals surface area contributed by atoms with Crippen LogP contribution in [0.25, 0.3) is 0 Å². The second kappa shape index (κ2) is 5.30. The molecule has 0 fully saturated rings. The highest BCUT2D eigenvalue weighted by Crippen LogP contribution is 2.34. The van der Waals surface area contributed by atoms with Crippen LogP contribution in [0.15, 0.2) is 36.9 Å². The lowest BCUT2D eigenvalue weighted by molar-refractivity contribution is 0.0600. The molecule has 0 spiro atoms. The average molecular weight is 305 g/mol. The molecule has 1 aromatic carbocycles. The van der Waals surface area contributed by atoms with Crippen molar-refractivity contribution >= 4 is 11.5 Å². The summed E-state index contributed by atoms with van der Waals surface area (Å²) in [5, 5.41) is 19.2. The Balaban J connectivity index is 2.10. The van der Waals surface area contributed by atoms with Gasteiger partial charge in [0, 0.05) is 0 Å². The van der Waals surface area contributed by atoms with Crippen molar-refractivity contribution in [2.24, 2.45) is 0 Å². The van der Waals surface area contributed by atoms with E-state index in [4.69, 9.17) is 0 Å². The maximum atomic E-state index is 13.1. The average Bonchev–Trinajstić information content (AvgIpc) is 3.11. The maximum Gasteiger partial charge on any atom is 0.147 e. The number of benzene rings is 1. The van der Waals surface area contributed by atoms with Gasteiger partial charge in [-0.1, -0.05) is 16.6 Å². The SMILES string of the molecule is Cc1nnsc1C(O)(Cn1cncn1)c1ccc(F)cc1. The summed E-state index contributed by atoms with van der Waals surface area (Å²) in [7, 11) is 0. The van der Waals surface area contributed by atoms with Gasteiger partial charge in [-0.15, -0.1) is 5.10 Å². The molecule has 3 aromatic rings. The van der Waals surface area contributed by atoms with Crippen LogP contribution in [0.5, 0.6) is 0 Å². The molecule has 1 unspecified atom stereocenters. The zero-order valence-corrected chi connectivity index (χ0v) is 12.0. The van der Waals surface area contributed by atoms with Crippen LogP contribution in [0.4, 0.5) is 4.39 Å². The normalized spacial score (nSPS) is 14.0. The van der Waals surface area contributed by atoms with E-state index in [0.717, 1.165) is 11.5 Å². The lowest BCUT2D eigenvalue weighted by Crippen LogP contribution is -2.33. The Hall–Kier alpha value is -2.19. The molecule has 0 bridgehead atoms. The molecule has 0 saturated carbocycles. The molecule has 21 heavy (non-hydrogen) atoms. The lowest BCUT2D eigenvalue weighted by Gasteiger charge is -2.27. The van der Waals surface area contributed by atoms with Crippen molar-refractivity contribution in [1.29, 1.82) is 0 Å². The molecular formula is C13H12FN5OS. The molecule has 6 nitrogen and oxygen atoms in total. The molecule has 1 atom stereocenters. The molecule has 2 aromatic heterocycles. The van der Waals surface area contributed by atoms with E-state index in [1.54, 1.807) is 19.1 Å². The van der Waals surface area contributed by atoms with Crippen molar-refractivity contribution < 1.29 is 9.50 Å². The second-order valence-corrected chi connectivity index (χ2v) is 5.40. The summed E-state index contributed by atoms with van der Waals surface area (Å²) in [6, 6.07) is 5.72. The highest BCUT2D eigenvalue weighted by atomic mass is 32.1. The van der Waals surface area contributed by atoms with E-state index in [1.165, 1.54) is 29.5 Å². The highest BCUT2D eigenvalue weighted by Gasteiger charge is 2.36. The van der Waals surface area contributed by atoms with Crippen LogP contribution in [0, 0.1) is 12.7 Å². The van der Waals surface area contributed by atoms with E-state index < -0.39 is 5.60 Å². The van der Waals surface area contributed by atoms with Crippen LogP contribution in [0.2, 0.25) is 0 Å². The highest BCUT2D eigenvalue weighted by molar-refractivity contribution is 7.05. The Morgan fingerprint density at radius 1 is 1.33 bits per heavy atom. The zero-order valence-electron chi connectivity index (χ0n) is 11.1. The minimum absolute atomic E-state index is 0.142. The van der Waals surface area contributed by atoms with Crippen LogP contribution in [0.1, 0.15) is 16.1 Å².